The smallest absolute Gasteiger partial charge is 0.306 e. The quantitative estimate of drug-likeness (QED) is 0.107. The monoisotopic (exact) mass is 806 g/mol. The number of benzene rings is 2. The Kier molecular flexibility index (Phi) is 13.8. The average molecular weight is 808 g/mol. The van der Waals surface area contributed by atoms with Gasteiger partial charge in [0.05, 0.1) is 36.6 Å². The van der Waals surface area contributed by atoms with E-state index in [9.17, 15) is 19.5 Å². The number of amides is 3. The molecule has 9 atom stereocenters. The van der Waals surface area contributed by atoms with Gasteiger partial charge in [-0.15, -0.1) is 13.2 Å². The number of nitrogens with zero attached hydrogens (tertiary/aromatic N) is 3. The second kappa shape index (κ2) is 18.1. The summed E-state index contributed by atoms with van der Waals surface area (Å²) >= 11 is 3.77. The van der Waals surface area contributed by atoms with Crippen LogP contribution in [0.15, 0.2) is 79.9 Å². The van der Waals surface area contributed by atoms with Gasteiger partial charge in [-0.05, 0) is 62.4 Å². The van der Waals surface area contributed by atoms with E-state index < -0.39 is 59.5 Å². The van der Waals surface area contributed by atoms with Crippen LogP contribution >= 0.6 is 15.9 Å². The van der Waals surface area contributed by atoms with Crippen LogP contribution in [0.2, 0.25) is 0 Å². The zero-order valence-corrected chi connectivity index (χ0v) is 33.5. The largest absolute Gasteiger partial charge is 0.463 e. The van der Waals surface area contributed by atoms with Crippen molar-refractivity contribution in [2.45, 2.75) is 88.0 Å². The normalized spacial score (nSPS) is 25.7. The highest BCUT2D eigenvalue weighted by atomic mass is 79.9. The molecule has 54 heavy (non-hydrogen) atoms. The molecule has 3 aliphatic rings. The third kappa shape index (κ3) is 7.88. The molecule has 292 valence electrons. The van der Waals surface area contributed by atoms with Crippen LogP contribution in [0, 0.1) is 17.8 Å². The molecule has 2 N–H and O–H groups in total. The third-order valence-electron chi connectivity index (χ3n) is 11.5. The number of hydrogen-bond acceptors (Lipinski definition) is 8. The van der Waals surface area contributed by atoms with Gasteiger partial charge in [0.1, 0.15) is 18.2 Å². The Bertz CT molecular complexity index is 1650. The van der Waals surface area contributed by atoms with Gasteiger partial charge < -0.3 is 34.6 Å². The van der Waals surface area contributed by atoms with E-state index in [1.807, 2.05) is 68.4 Å². The second-order valence-electron chi connectivity index (χ2n) is 14.5. The number of halogens is 1. The summed E-state index contributed by atoms with van der Waals surface area (Å²) < 4.78 is 12.4. The number of carbonyl (C=O) groups excluding carboxylic acids is 4. The number of hydrogen-bond donors (Lipinski definition) is 2. The Morgan fingerprint density at radius 3 is 2.33 bits per heavy atom. The predicted molar refractivity (Wildman–Crippen MR) is 213 cm³/mol. The highest BCUT2D eigenvalue weighted by molar-refractivity contribution is 9.09. The van der Waals surface area contributed by atoms with E-state index in [2.05, 4.69) is 53.2 Å². The van der Waals surface area contributed by atoms with E-state index in [1.165, 1.54) is 4.90 Å². The topological polar surface area (TPSA) is 129 Å². The summed E-state index contributed by atoms with van der Waals surface area (Å²) in [5, 5.41) is 13.9. The van der Waals surface area contributed by atoms with Crippen LogP contribution < -0.4 is 15.1 Å². The molecule has 2 aromatic rings. The first-order chi connectivity index (χ1) is 26.0. The molecule has 3 heterocycles. The second-order valence-corrected chi connectivity index (χ2v) is 15.6. The number of alkyl halides is 1. The predicted octanol–water partition coefficient (Wildman–Crippen LogP) is 5.57. The number of likely N-dealkylation sites (tertiary alicyclic amines) is 1. The van der Waals surface area contributed by atoms with E-state index in [4.69, 9.17) is 9.47 Å². The van der Waals surface area contributed by atoms with Gasteiger partial charge in [0.2, 0.25) is 11.8 Å². The number of aliphatic hydroxyl groups excluding tert-OH is 1. The van der Waals surface area contributed by atoms with Crippen LogP contribution in [-0.4, -0.2) is 95.2 Å². The Balaban J connectivity index is 1.53. The van der Waals surface area contributed by atoms with E-state index in [-0.39, 0.29) is 42.8 Å². The van der Waals surface area contributed by atoms with Crippen LogP contribution in [0.5, 0.6) is 0 Å². The summed E-state index contributed by atoms with van der Waals surface area (Å²) in [5.41, 5.74) is 1.04. The number of fused-ring (bicyclic) bond motifs is 1. The van der Waals surface area contributed by atoms with Crippen LogP contribution in [0.25, 0.3) is 0 Å². The van der Waals surface area contributed by atoms with Crippen LogP contribution in [-0.2, 0) is 28.7 Å². The maximum atomic E-state index is 15.2. The summed E-state index contributed by atoms with van der Waals surface area (Å²) in [4.78, 5) is 62.2. The lowest BCUT2D eigenvalue weighted by atomic mass is 9.70. The maximum Gasteiger partial charge on any atom is 0.306 e. The van der Waals surface area contributed by atoms with Crippen LogP contribution in [0.1, 0.15) is 65.0 Å². The summed E-state index contributed by atoms with van der Waals surface area (Å²) in [5.74, 6) is -3.72. The van der Waals surface area contributed by atoms with E-state index in [1.54, 1.807) is 17.1 Å². The molecule has 0 saturated carbocycles. The van der Waals surface area contributed by atoms with Gasteiger partial charge in [-0.25, -0.2) is 0 Å². The van der Waals surface area contributed by atoms with Crippen molar-refractivity contribution in [3.05, 3.63) is 85.5 Å². The zero-order valence-electron chi connectivity index (χ0n) is 31.9. The number of ether oxygens (including phenoxy) is 2. The SMILES string of the molecule is C=CCCC(=O)OC[C@H](NC(=O)[C@@H]1[C@H]2O[C@@]3(CC2Br)[C@H](C(=O)N(CC=C)c2ccc(N(CC)CC)cc2)N([C@@H](CO)[C@@H](C)CC)C(=O)[C@@H]13)c1ccccc1. The Morgan fingerprint density at radius 1 is 1.07 bits per heavy atom. The molecule has 2 bridgehead atoms. The van der Waals surface area contributed by atoms with Crippen molar-refractivity contribution in [2.75, 3.05) is 42.6 Å². The molecule has 1 unspecified atom stereocenters. The first-order valence-electron chi connectivity index (χ1n) is 19.2. The maximum absolute atomic E-state index is 15.2. The molecule has 5 rings (SSSR count). The standard InChI is InChI=1S/C42H55BrN4O7/c1-7-12-18-34(49)53-26-32(28-16-14-13-15-17-28)44-39(50)35-36-40(51)47(33(25-48)27(6)9-3)38(42(36)24-31(43)37(35)54-42)41(52)46(23-8-2)30-21-19-29(20-22-30)45(10-4)11-5/h7-8,13-17,19-22,27,31-33,35-38,48H,1-2,9-12,18,23-26H2,3-6H3,(H,44,50)/t27-,31?,32-,33-,35-,36+,37-,38-,42+/m0/s1. The van der Waals surface area contributed by atoms with Gasteiger partial charge in [-0.3, -0.25) is 19.2 Å². The molecule has 3 amide bonds. The number of nitrogens with one attached hydrogen (secondary N) is 1. The number of carbonyl (C=O) groups is 4. The first kappa shape index (κ1) is 41.2. The molecule has 3 aliphatic heterocycles. The van der Waals surface area contributed by atoms with Crippen molar-refractivity contribution in [3.8, 4) is 0 Å². The minimum absolute atomic E-state index is 0.108. The summed E-state index contributed by atoms with van der Waals surface area (Å²) in [6, 6.07) is 14.4. The average Bonchev–Trinajstić information content (AvgIpc) is 3.78. The van der Waals surface area contributed by atoms with Gasteiger partial charge in [0.25, 0.3) is 5.91 Å². The van der Waals surface area contributed by atoms with Crippen molar-refractivity contribution in [2.24, 2.45) is 17.8 Å². The van der Waals surface area contributed by atoms with E-state index in [0.29, 0.717) is 24.9 Å². The molecule has 12 heteroatoms. The minimum atomic E-state index is -1.35. The summed E-state index contributed by atoms with van der Waals surface area (Å²) in [6.45, 7) is 17.1. The van der Waals surface area contributed by atoms with Crippen molar-refractivity contribution in [1.82, 2.24) is 10.2 Å². The van der Waals surface area contributed by atoms with Gasteiger partial charge in [0.15, 0.2) is 0 Å². The number of esters is 1. The molecule has 2 aromatic carbocycles. The van der Waals surface area contributed by atoms with Crippen molar-refractivity contribution >= 4 is 51.0 Å². The summed E-state index contributed by atoms with van der Waals surface area (Å²) in [6.07, 6.45) is 4.18. The molecule has 0 radical (unpaired) electrons. The minimum Gasteiger partial charge on any atom is -0.463 e. The lowest BCUT2D eigenvalue weighted by Gasteiger charge is -2.41. The Hall–Kier alpha value is -4.00. The van der Waals surface area contributed by atoms with E-state index >= 15 is 4.79 Å². The number of allylic oxidation sites excluding steroid dienone is 1. The number of anilines is 2. The molecular formula is C42H55BrN4O7. The highest BCUT2D eigenvalue weighted by Crippen LogP contribution is 2.61. The molecule has 3 fully saturated rings. The van der Waals surface area contributed by atoms with E-state index in [0.717, 1.165) is 24.3 Å². The van der Waals surface area contributed by atoms with Crippen molar-refractivity contribution < 1.29 is 33.8 Å². The Labute approximate surface area is 327 Å². The van der Waals surface area contributed by atoms with Gasteiger partial charge in [-0.2, -0.15) is 0 Å². The molecule has 3 saturated heterocycles. The molecule has 1 spiro atoms. The lowest BCUT2D eigenvalue weighted by molar-refractivity contribution is -0.147. The highest BCUT2D eigenvalue weighted by Gasteiger charge is 2.77. The molecule has 0 aromatic heterocycles. The fourth-order valence-electron chi connectivity index (χ4n) is 8.49. The number of aliphatic hydroxyl groups is 1. The summed E-state index contributed by atoms with van der Waals surface area (Å²) in [7, 11) is 0. The first-order valence-corrected chi connectivity index (χ1v) is 20.1. The number of rotatable bonds is 19. The van der Waals surface area contributed by atoms with Gasteiger partial charge >= 0.3 is 5.97 Å². The van der Waals surface area contributed by atoms with Gasteiger partial charge in [-0.1, -0.05) is 78.7 Å². The van der Waals surface area contributed by atoms with Crippen LogP contribution in [0.3, 0.4) is 0 Å². The zero-order chi connectivity index (χ0) is 39.2. The molecule has 11 nitrogen and oxygen atoms in total. The fourth-order valence-corrected chi connectivity index (χ4v) is 9.44. The van der Waals surface area contributed by atoms with Crippen molar-refractivity contribution in [3.63, 3.8) is 0 Å². The molecule has 0 aliphatic carbocycles. The van der Waals surface area contributed by atoms with Gasteiger partial charge in [0, 0.05) is 42.3 Å². The van der Waals surface area contributed by atoms with Crippen LogP contribution in [0.4, 0.5) is 11.4 Å². The lowest BCUT2D eigenvalue weighted by Crippen LogP contribution is -2.60. The molecular weight excluding hydrogens is 752 g/mol. The third-order valence-corrected chi connectivity index (χ3v) is 12.3. The fraction of sp³-hybridized carbons (Fsp3) is 0.524. The van der Waals surface area contributed by atoms with Crippen molar-refractivity contribution in [1.29, 1.82) is 0 Å². The Morgan fingerprint density at radius 2 is 1.74 bits per heavy atom.